The molecule has 0 spiro atoms. The van der Waals surface area contributed by atoms with Crippen molar-refractivity contribution in [3.63, 3.8) is 0 Å². The highest BCUT2D eigenvalue weighted by molar-refractivity contribution is 7.13. The predicted octanol–water partition coefficient (Wildman–Crippen LogP) is 5.58. The van der Waals surface area contributed by atoms with Crippen molar-refractivity contribution in [3.05, 3.63) is 70.2 Å². The number of aryl methyl sites for hydroxylation is 2. The van der Waals surface area contributed by atoms with Gasteiger partial charge in [0.1, 0.15) is 11.2 Å². The molecule has 1 aromatic carbocycles. The minimum Gasteiger partial charge on any atom is -0.351 e. The smallest absolute Gasteiger partial charge is 0.263 e. The highest BCUT2D eigenvalue weighted by atomic mass is 32.1. The zero-order chi connectivity index (χ0) is 25.6. The Morgan fingerprint density at radius 3 is 2.58 bits per heavy atom. The Balaban J connectivity index is 1.39. The zero-order valence-electron chi connectivity index (χ0n) is 21.2. The summed E-state index contributed by atoms with van der Waals surface area (Å²) in [4.78, 5) is 30.4. The molecule has 1 atom stereocenters. The van der Waals surface area contributed by atoms with Gasteiger partial charge in [0.05, 0.1) is 45.9 Å². The van der Waals surface area contributed by atoms with Gasteiger partial charge in [0, 0.05) is 29.8 Å². The average molecular weight is 500 g/mol. The Kier molecular flexibility index (Phi) is 5.96. The van der Waals surface area contributed by atoms with Crippen LogP contribution in [0.3, 0.4) is 0 Å². The standard InChI is InChI=1S/C27H29N7OS/c1-15-9-17(23-24-21(29-14-30-23)10-20(33-24)18-11-31-34(6)13-18)7-8-19(15)16(2)32-25(35)22-12-28-26(36-22)27(3,4)5/h7-14,16,33H,1-6H3,(H,32,35). The first-order chi connectivity index (χ1) is 17.1. The Hall–Kier alpha value is -3.85. The molecule has 184 valence electrons. The molecule has 0 aliphatic carbocycles. The molecule has 0 saturated heterocycles. The lowest BCUT2D eigenvalue weighted by atomic mass is 9.98. The number of fused-ring (bicyclic) bond motifs is 1. The van der Waals surface area contributed by atoms with Crippen LogP contribution in [0.4, 0.5) is 0 Å². The van der Waals surface area contributed by atoms with Crippen molar-refractivity contribution in [3.8, 4) is 22.5 Å². The van der Waals surface area contributed by atoms with Gasteiger partial charge in [-0.3, -0.25) is 9.48 Å². The van der Waals surface area contributed by atoms with Gasteiger partial charge in [-0.05, 0) is 37.1 Å². The molecule has 5 aromatic rings. The highest BCUT2D eigenvalue weighted by Crippen LogP contribution is 2.31. The number of aromatic amines is 1. The zero-order valence-corrected chi connectivity index (χ0v) is 22.1. The summed E-state index contributed by atoms with van der Waals surface area (Å²) in [6.07, 6.45) is 7.04. The number of H-pyrrole nitrogens is 1. The van der Waals surface area contributed by atoms with Gasteiger partial charge in [-0.25, -0.2) is 15.0 Å². The van der Waals surface area contributed by atoms with E-state index in [0.29, 0.717) is 4.88 Å². The summed E-state index contributed by atoms with van der Waals surface area (Å²) >= 11 is 1.45. The summed E-state index contributed by atoms with van der Waals surface area (Å²) in [6.45, 7) is 10.3. The van der Waals surface area contributed by atoms with Crippen molar-refractivity contribution in [2.45, 2.75) is 46.1 Å². The van der Waals surface area contributed by atoms with Crippen molar-refractivity contribution in [2.75, 3.05) is 0 Å². The van der Waals surface area contributed by atoms with Crippen LogP contribution in [0, 0.1) is 6.92 Å². The monoisotopic (exact) mass is 499 g/mol. The van der Waals surface area contributed by atoms with Crippen LogP contribution in [-0.4, -0.2) is 35.6 Å². The molecule has 2 N–H and O–H groups in total. The molecule has 0 saturated carbocycles. The molecule has 9 heteroatoms. The van der Waals surface area contributed by atoms with E-state index in [-0.39, 0.29) is 17.4 Å². The number of carbonyl (C=O) groups excluding carboxylic acids is 1. The first kappa shape index (κ1) is 23.9. The fraction of sp³-hybridized carbons (Fsp3) is 0.296. The minimum absolute atomic E-state index is 0.0778. The van der Waals surface area contributed by atoms with Crippen molar-refractivity contribution >= 4 is 28.3 Å². The van der Waals surface area contributed by atoms with E-state index >= 15 is 0 Å². The van der Waals surface area contributed by atoms with Gasteiger partial charge in [0.2, 0.25) is 0 Å². The topological polar surface area (TPSA) is 101 Å². The fourth-order valence-corrected chi connectivity index (χ4v) is 5.13. The third-order valence-electron chi connectivity index (χ3n) is 6.16. The third-order valence-corrected chi connectivity index (χ3v) is 7.58. The number of carbonyl (C=O) groups is 1. The van der Waals surface area contributed by atoms with Crippen LogP contribution in [-0.2, 0) is 12.5 Å². The summed E-state index contributed by atoms with van der Waals surface area (Å²) in [5.74, 6) is -0.106. The number of amides is 1. The lowest BCUT2D eigenvalue weighted by Crippen LogP contribution is -2.26. The van der Waals surface area contributed by atoms with Crippen LogP contribution in [0.15, 0.2) is 49.2 Å². The maximum atomic E-state index is 12.9. The van der Waals surface area contributed by atoms with Crippen LogP contribution >= 0.6 is 11.3 Å². The first-order valence-electron chi connectivity index (χ1n) is 11.8. The minimum atomic E-state index is -0.153. The molecular formula is C27H29N7OS. The normalized spacial score (nSPS) is 12.7. The molecule has 5 rings (SSSR count). The van der Waals surface area contributed by atoms with E-state index < -0.39 is 0 Å². The second-order valence-electron chi connectivity index (χ2n) is 10.1. The molecule has 36 heavy (non-hydrogen) atoms. The van der Waals surface area contributed by atoms with E-state index in [1.807, 2.05) is 38.5 Å². The van der Waals surface area contributed by atoms with Gasteiger partial charge in [-0.2, -0.15) is 5.10 Å². The molecule has 1 amide bonds. The molecule has 0 aliphatic heterocycles. The quantitative estimate of drug-likeness (QED) is 0.329. The predicted molar refractivity (Wildman–Crippen MR) is 143 cm³/mol. The van der Waals surface area contributed by atoms with E-state index in [4.69, 9.17) is 0 Å². The number of hydrogen-bond acceptors (Lipinski definition) is 6. The van der Waals surface area contributed by atoms with Gasteiger partial charge in [-0.1, -0.05) is 32.9 Å². The van der Waals surface area contributed by atoms with Crippen molar-refractivity contribution in [2.24, 2.45) is 7.05 Å². The number of nitrogens with zero attached hydrogens (tertiary/aromatic N) is 5. The molecule has 0 radical (unpaired) electrons. The molecule has 4 aromatic heterocycles. The van der Waals surface area contributed by atoms with E-state index in [1.54, 1.807) is 17.2 Å². The molecule has 0 aliphatic rings. The molecule has 0 fully saturated rings. The van der Waals surface area contributed by atoms with E-state index in [9.17, 15) is 4.79 Å². The number of rotatable bonds is 5. The second kappa shape index (κ2) is 8.98. The van der Waals surface area contributed by atoms with Crippen LogP contribution in [0.5, 0.6) is 0 Å². The van der Waals surface area contributed by atoms with Gasteiger partial charge in [0.15, 0.2) is 0 Å². The summed E-state index contributed by atoms with van der Waals surface area (Å²) < 4.78 is 1.77. The largest absolute Gasteiger partial charge is 0.351 e. The average Bonchev–Trinajstić information content (AvgIpc) is 3.57. The lowest BCUT2D eigenvalue weighted by molar-refractivity contribution is 0.0943. The Bertz CT molecular complexity index is 1570. The molecule has 8 nitrogen and oxygen atoms in total. The highest BCUT2D eigenvalue weighted by Gasteiger charge is 2.22. The number of benzene rings is 1. The van der Waals surface area contributed by atoms with Gasteiger partial charge in [0.25, 0.3) is 5.91 Å². The molecular weight excluding hydrogens is 470 g/mol. The number of nitrogens with one attached hydrogen (secondary N) is 2. The van der Waals surface area contributed by atoms with E-state index in [1.165, 1.54) is 11.3 Å². The SMILES string of the molecule is Cc1cc(-c2ncnc3cc(-c4cnn(C)c4)[nH]c23)ccc1C(C)NC(=O)c1cnc(C(C)(C)C)s1. The number of thiazole rings is 1. The second-order valence-corrected chi connectivity index (χ2v) is 11.1. The van der Waals surface area contributed by atoms with Crippen LogP contribution in [0.2, 0.25) is 0 Å². The fourth-order valence-electron chi connectivity index (χ4n) is 4.25. The molecule has 0 bridgehead atoms. The first-order valence-corrected chi connectivity index (χ1v) is 12.6. The van der Waals surface area contributed by atoms with Crippen LogP contribution in [0.25, 0.3) is 33.5 Å². The summed E-state index contributed by atoms with van der Waals surface area (Å²) in [7, 11) is 1.89. The van der Waals surface area contributed by atoms with Gasteiger partial charge >= 0.3 is 0 Å². The van der Waals surface area contributed by atoms with Crippen molar-refractivity contribution in [1.82, 2.24) is 35.0 Å². The van der Waals surface area contributed by atoms with Crippen LogP contribution < -0.4 is 5.32 Å². The van der Waals surface area contributed by atoms with Crippen molar-refractivity contribution in [1.29, 1.82) is 0 Å². The van der Waals surface area contributed by atoms with Crippen molar-refractivity contribution < 1.29 is 4.79 Å². The third kappa shape index (κ3) is 4.54. The number of aromatic nitrogens is 6. The van der Waals surface area contributed by atoms with Gasteiger partial charge in [-0.15, -0.1) is 11.3 Å². The Morgan fingerprint density at radius 1 is 1.11 bits per heavy atom. The maximum absolute atomic E-state index is 12.9. The molecule has 1 unspecified atom stereocenters. The van der Waals surface area contributed by atoms with Crippen LogP contribution in [0.1, 0.15) is 59.5 Å². The Morgan fingerprint density at radius 2 is 1.92 bits per heavy atom. The summed E-state index contributed by atoms with van der Waals surface area (Å²) in [5.41, 5.74) is 7.54. The number of hydrogen-bond donors (Lipinski definition) is 2. The Labute approximate surface area is 213 Å². The van der Waals surface area contributed by atoms with Gasteiger partial charge < -0.3 is 10.3 Å². The van der Waals surface area contributed by atoms with E-state index in [0.717, 1.165) is 49.7 Å². The lowest BCUT2D eigenvalue weighted by Gasteiger charge is -2.17. The molecule has 4 heterocycles. The summed E-state index contributed by atoms with van der Waals surface area (Å²) in [6, 6.07) is 8.07. The summed E-state index contributed by atoms with van der Waals surface area (Å²) in [5, 5.41) is 8.33. The maximum Gasteiger partial charge on any atom is 0.263 e. The van der Waals surface area contributed by atoms with E-state index in [2.05, 4.69) is 70.2 Å².